The molecule has 1 saturated heterocycles. The van der Waals surface area contributed by atoms with Gasteiger partial charge in [0.05, 0.1) is 0 Å². The van der Waals surface area contributed by atoms with Gasteiger partial charge in [-0.25, -0.2) is 0 Å². The number of rotatable bonds is 6. The summed E-state index contributed by atoms with van der Waals surface area (Å²) in [4.78, 5) is 12.4. The summed E-state index contributed by atoms with van der Waals surface area (Å²) in [5.74, 6) is 0.604. The average Bonchev–Trinajstić information content (AvgIpc) is 2.77. The number of fused-ring (bicyclic) bond motifs is 1. The number of carbonyl (C=O) groups is 1. The Morgan fingerprint density at radius 2 is 1.64 bits per heavy atom. The van der Waals surface area contributed by atoms with Crippen LogP contribution in [0.1, 0.15) is 18.4 Å². The maximum Gasteiger partial charge on any atom is 0.257 e. The molecular formula is C24H25NO3. The van der Waals surface area contributed by atoms with E-state index in [4.69, 9.17) is 9.47 Å². The highest BCUT2D eigenvalue weighted by atomic mass is 16.5. The Kier molecular flexibility index (Phi) is 5.58. The summed E-state index contributed by atoms with van der Waals surface area (Å²) in [7, 11) is 0. The molecule has 0 bridgehead atoms. The number of benzene rings is 3. The molecule has 0 radical (unpaired) electrons. The number of hydrogen-bond acceptors (Lipinski definition) is 3. The molecule has 1 aliphatic heterocycles. The summed E-state index contributed by atoms with van der Waals surface area (Å²) >= 11 is 0. The summed E-state index contributed by atoms with van der Waals surface area (Å²) in [5, 5.41) is 5.34. The van der Waals surface area contributed by atoms with Gasteiger partial charge in [-0.3, -0.25) is 4.79 Å². The summed E-state index contributed by atoms with van der Waals surface area (Å²) in [6.07, 6.45) is 1.81. The second-order valence-corrected chi connectivity index (χ2v) is 7.33. The van der Waals surface area contributed by atoms with E-state index in [1.54, 1.807) is 0 Å². The second kappa shape index (κ2) is 8.44. The third-order valence-electron chi connectivity index (χ3n) is 5.55. The van der Waals surface area contributed by atoms with Crippen molar-refractivity contribution in [3.8, 4) is 5.75 Å². The van der Waals surface area contributed by atoms with E-state index in [2.05, 4.69) is 35.6 Å². The molecule has 1 heterocycles. The van der Waals surface area contributed by atoms with Crippen molar-refractivity contribution in [1.82, 2.24) is 5.32 Å². The van der Waals surface area contributed by atoms with Gasteiger partial charge in [0.15, 0.2) is 6.61 Å². The van der Waals surface area contributed by atoms with Crippen molar-refractivity contribution in [1.29, 1.82) is 0 Å². The quantitative estimate of drug-likeness (QED) is 0.706. The Morgan fingerprint density at radius 3 is 2.43 bits per heavy atom. The zero-order valence-corrected chi connectivity index (χ0v) is 15.9. The fraction of sp³-hybridized carbons (Fsp3) is 0.292. The lowest BCUT2D eigenvalue weighted by Crippen LogP contribution is -2.45. The lowest BCUT2D eigenvalue weighted by atomic mass is 9.74. The topological polar surface area (TPSA) is 47.6 Å². The van der Waals surface area contributed by atoms with Crippen LogP contribution in [0.25, 0.3) is 10.8 Å². The van der Waals surface area contributed by atoms with Gasteiger partial charge in [-0.1, -0.05) is 60.7 Å². The average molecular weight is 375 g/mol. The zero-order chi connectivity index (χ0) is 19.2. The van der Waals surface area contributed by atoms with Gasteiger partial charge in [0.25, 0.3) is 5.91 Å². The van der Waals surface area contributed by atoms with Crippen molar-refractivity contribution in [3.05, 3.63) is 78.4 Å². The van der Waals surface area contributed by atoms with E-state index >= 15 is 0 Å². The van der Waals surface area contributed by atoms with Crippen LogP contribution in [0, 0.1) is 0 Å². The van der Waals surface area contributed by atoms with Crippen LogP contribution in [0.15, 0.2) is 72.8 Å². The Hall–Kier alpha value is -2.85. The minimum Gasteiger partial charge on any atom is -0.484 e. The first-order valence-corrected chi connectivity index (χ1v) is 9.77. The Balaban J connectivity index is 1.37. The predicted octanol–water partition coefficient (Wildman–Crippen LogP) is 4.08. The number of ether oxygens (including phenoxy) is 2. The first kappa shape index (κ1) is 18.5. The maximum absolute atomic E-state index is 12.4. The molecule has 28 heavy (non-hydrogen) atoms. The molecule has 1 N–H and O–H groups in total. The third-order valence-corrected chi connectivity index (χ3v) is 5.55. The van der Waals surface area contributed by atoms with Crippen molar-refractivity contribution >= 4 is 16.7 Å². The monoisotopic (exact) mass is 375 g/mol. The SMILES string of the molecule is O=C(COc1ccc2ccccc2c1)NCC1(c2ccccc2)CCOCC1. The fourth-order valence-corrected chi connectivity index (χ4v) is 3.85. The van der Waals surface area contributed by atoms with Crippen LogP contribution in [0.2, 0.25) is 0 Å². The minimum atomic E-state index is -0.102. The Morgan fingerprint density at radius 1 is 0.929 bits per heavy atom. The van der Waals surface area contributed by atoms with Crippen molar-refractivity contribution in [3.63, 3.8) is 0 Å². The van der Waals surface area contributed by atoms with E-state index in [1.165, 1.54) is 5.56 Å². The minimum absolute atomic E-state index is 0.0136. The molecule has 0 saturated carbocycles. The molecule has 0 unspecified atom stereocenters. The summed E-state index contributed by atoms with van der Waals surface area (Å²) in [6, 6.07) is 24.4. The molecule has 0 spiro atoms. The highest BCUT2D eigenvalue weighted by Gasteiger charge is 2.34. The van der Waals surface area contributed by atoms with Gasteiger partial charge in [-0.15, -0.1) is 0 Å². The van der Waals surface area contributed by atoms with Crippen LogP contribution in [0.4, 0.5) is 0 Å². The normalized spacial score (nSPS) is 15.9. The maximum atomic E-state index is 12.4. The molecule has 4 nitrogen and oxygen atoms in total. The van der Waals surface area contributed by atoms with E-state index in [9.17, 15) is 4.79 Å². The molecule has 1 amide bonds. The zero-order valence-electron chi connectivity index (χ0n) is 15.9. The Bertz CT molecular complexity index is 933. The van der Waals surface area contributed by atoms with Crippen molar-refractivity contribution < 1.29 is 14.3 Å². The number of carbonyl (C=O) groups excluding carboxylic acids is 1. The van der Waals surface area contributed by atoms with Gasteiger partial charge in [0, 0.05) is 25.2 Å². The first-order chi connectivity index (χ1) is 13.8. The molecule has 0 aliphatic carbocycles. The van der Waals surface area contributed by atoms with E-state index in [-0.39, 0.29) is 17.9 Å². The van der Waals surface area contributed by atoms with Gasteiger partial charge >= 0.3 is 0 Å². The van der Waals surface area contributed by atoms with Crippen LogP contribution < -0.4 is 10.1 Å². The van der Waals surface area contributed by atoms with E-state index in [0.29, 0.717) is 12.3 Å². The number of hydrogen-bond donors (Lipinski definition) is 1. The lowest BCUT2D eigenvalue weighted by molar-refractivity contribution is -0.123. The molecule has 1 fully saturated rings. The van der Waals surface area contributed by atoms with Crippen molar-refractivity contribution in [2.24, 2.45) is 0 Å². The fourth-order valence-electron chi connectivity index (χ4n) is 3.85. The van der Waals surface area contributed by atoms with Crippen LogP contribution >= 0.6 is 0 Å². The van der Waals surface area contributed by atoms with E-state index in [1.807, 2.05) is 42.5 Å². The second-order valence-electron chi connectivity index (χ2n) is 7.33. The first-order valence-electron chi connectivity index (χ1n) is 9.77. The summed E-state index contributed by atoms with van der Waals surface area (Å²) in [6.45, 7) is 2.05. The summed E-state index contributed by atoms with van der Waals surface area (Å²) in [5.41, 5.74) is 1.19. The lowest BCUT2D eigenvalue weighted by Gasteiger charge is -2.38. The molecule has 3 aromatic rings. The Labute approximate surface area is 165 Å². The predicted molar refractivity (Wildman–Crippen MR) is 111 cm³/mol. The molecule has 4 rings (SSSR count). The van der Waals surface area contributed by atoms with Crippen LogP contribution in [-0.2, 0) is 14.9 Å². The van der Waals surface area contributed by atoms with Gasteiger partial charge in [0.2, 0.25) is 0 Å². The van der Waals surface area contributed by atoms with Gasteiger partial charge in [0.1, 0.15) is 5.75 Å². The molecule has 4 heteroatoms. The molecule has 0 atom stereocenters. The van der Waals surface area contributed by atoms with Gasteiger partial charge in [-0.05, 0) is 41.3 Å². The van der Waals surface area contributed by atoms with Crippen LogP contribution in [0.5, 0.6) is 5.75 Å². The number of amides is 1. The summed E-state index contributed by atoms with van der Waals surface area (Å²) < 4.78 is 11.3. The molecule has 3 aromatic carbocycles. The number of nitrogens with one attached hydrogen (secondary N) is 1. The molecule has 1 aliphatic rings. The molecular weight excluding hydrogens is 350 g/mol. The van der Waals surface area contributed by atoms with Crippen molar-refractivity contribution in [2.45, 2.75) is 18.3 Å². The highest BCUT2D eigenvalue weighted by Crippen LogP contribution is 2.34. The van der Waals surface area contributed by atoms with Gasteiger partial charge < -0.3 is 14.8 Å². The molecule has 144 valence electrons. The third kappa shape index (κ3) is 4.18. The van der Waals surface area contributed by atoms with Gasteiger partial charge in [-0.2, -0.15) is 0 Å². The highest BCUT2D eigenvalue weighted by molar-refractivity contribution is 5.84. The van der Waals surface area contributed by atoms with Crippen LogP contribution in [-0.4, -0.2) is 32.3 Å². The standard InChI is InChI=1S/C24H25NO3/c26-23(17-28-22-11-10-19-6-4-5-7-20(19)16-22)25-18-24(12-14-27-15-13-24)21-8-2-1-3-9-21/h1-11,16H,12-15,17-18H2,(H,25,26). The smallest absolute Gasteiger partial charge is 0.257 e. The van der Waals surface area contributed by atoms with Crippen molar-refractivity contribution in [2.75, 3.05) is 26.4 Å². The van der Waals surface area contributed by atoms with E-state index in [0.717, 1.165) is 36.8 Å². The van der Waals surface area contributed by atoms with Crippen LogP contribution in [0.3, 0.4) is 0 Å². The van der Waals surface area contributed by atoms with E-state index < -0.39 is 0 Å². The molecule has 0 aromatic heterocycles. The largest absolute Gasteiger partial charge is 0.484 e.